The number of aryl methyl sites for hydroxylation is 1. The van der Waals surface area contributed by atoms with E-state index in [1.165, 1.54) is 24.2 Å². The first-order chi connectivity index (χ1) is 12.6. The maximum absolute atomic E-state index is 12.6. The molecule has 0 atom stereocenters. The summed E-state index contributed by atoms with van der Waals surface area (Å²) in [6.07, 6.45) is 2.46. The summed E-state index contributed by atoms with van der Waals surface area (Å²) in [5.74, 6) is 2.86. The fourth-order valence-corrected chi connectivity index (χ4v) is 4.54. The van der Waals surface area contributed by atoms with Crippen molar-refractivity contribution >= 4 is 40.5 Å². The lowest BCUT2D eigenvalue weighted by molar-refractivity contribution is 0.0751. The van der Waals surface area contributed by atoms with Crippen molar-refractivity contribution in [2.75, 3.05) is 49.1 Å². The Bertz CT molecular complexity index is 797. The number of aromatic nitrogens is 2. The van der Waals surface area contributed by atoms with Crippen molar-refractivity contribution in [3.05, 3.63) is 33.2 Å². The molecule has 1 amide bonds. The molecule has 2 saturated heterocycles. The second-order valence-corrected chi connectivity index (χ2v) is 8.42. The van der Waals surface area contributed by atoms with E-state index >= 15 is 0 Å². The second-order valence-electron chi connectivity index (χ2n) is 6.71. The van der Waals surface area contributed by atoms with Crippen LogP contribution in [-0.4, -0.2) is 60.0 Å². The number of nitrogens with zero attached hydrogens (tertiary/aromatic N) is 5. The number of piperazine rings is 1. The van der Waals surface area contributed by atoms with E-state index in [9.17, 15) is 4.79 Å². The fourth-order valence-electron chi connectivity index (χ4n) is 3.53. The van der Waals surface area contributed by atoms with E-state index in [2.05, 4.69) is 25.8 Å². The van der Waals surface area contributed by atoms with E-state index in [1.807, 2.05) is 11.8 Å². The number of halogens is 1. The third-order valence-electron chi connectivity index (χ3n) is 4.92. The molecule has 4 heterocycles. The largest absolute Gasteiger partial charge is 0.356 e. The number of amides is 1. The van der Waals surface area contributed by atoms with Gasteiger partial charge in [-0.3, -0.25) is 4.79 Å². The Hall–Kier alpha value is -1.86. The van der Waals surface area contributed by atoms with Gasteiger partial charge in [-0.1, -0.05) is 11.6 Å². The monoisotopic (exact) mass is 391 g/mol. The van der Waals surface area contributed by atoms with Gasteiger partial charge in [0.2, 0.25) is 0 Å². The minimum atomic E-state index is 0.0678. The number of carbonyl (C=O) groups is 1. The molecule has 2 fully saturated rings. The second kappa shape index (κ2) is 7.40. The van der Waals surface area contributed by atoms with Crippen LogP contribution in [0.4, 0.5) is 11.6 Å². The molecule has 0 aliphatic carbocycles. The van der Waals surface area contributed by atoms with Gasteiger partial charge in [-0.2, -0.15) is 0 Å². The smallest absolute Gasteiger partial charge is 0.264 e. The number of thiophene rings is 1. The highest BCUT2D eigenvalue weighted by Gasteiger charge is 2.25. The first-order valence-corrected chi connectivity index (χ1v) is 10.2. The molecule has 0 spiro atoms. The molecule has 26 heavy (non-hydrogen) atoms. The third-order valence-corrected chi connectivity index (χ3v) is 6.13. The van der Waals surface area contributed by atoms with Crippen molar-refractivity contribution in [3.8, 4) is 0 Å². The Balaban J connectivity index is 1.43. The summed E-state index contributed by atoms with van der Waals surface area (Å²) in [6.45, 7) is 7.03. The van der Waals surface area contributed by atoms with Crippen LogP contribution in [0.5, 0.6) is 0 Å². The number of carbonyl (C=O) groups excluding carboxylic acids is 1. The van der Waals surface area contributed by atoms with Gasteiger partial charge in [-0.25, -0.2) is 9.97 Å². The van der Waals surface area contributed by atoms with Crippen LogP contribution in [0.1, 0.15) is 28.3 Å². The van der Waals surface area contributed by atoms with Crippen LogP contribution in [0.3, 0.4) is 0 Å². The first kappa shape index (κ1) is 17.5. The van der Waals surface area contributed by atoms with E-state index in [0.717, 1.165) is 43.6 Å². The van der Waals surface area contributed by atoms with Gasteiger partial charge in [-0.15, -0.1) is 11.3 Å². The number of hydrogen-bond acceptors (Lipinski definition) is 6. The lowest BCUT2D eigenvalue weighted by Crippen LogP contribution is -2.49. The van der Waals surface area contributed by atoms with Crippen molar-refractivity contribution in [1.82, 2.24) is 14.9 Å². The molecule has 138 valence electrons. The Kier molecular flexibility index (Phi) is 5.00. The maximum Gasteiger partial charge on any atom is 0.264 e. The summed E-state index contributed by atoms with van der Waals surface area (Å²) in [7, 11) is 0. The topological polar surface area (TPSA) is 52.6 Å². The van der Waals surface area contributed by atoms with E-state index in [1.54, 1.807) is 12.1 Å². The van der Waals surface area contributed by atoms with Gasteiger partial charge in [0, 0.05) is 45.3 Å². The van der Waals surface area contributed by atoms with Crippen molar-refractivity contribution in [2.24, 2.45) is 0 Å². The number of rotatable bonds is 3. The highest BCUT2D eigenvalue weighted by atomic mass is 35.5. The quantitative estimate of drug-likeness (QED) is 0.804. The van der Waals surface area contributed by atoms with Crippen molar-refractivity contribution in [3.63, 3.8) is 0 Å². The Labute approximate surface area is 162 Å². The average Bonchev–Trinajstić information content (AvgIpc) is 3.32. The van der Waals surface area contributed by atoms with Gasteiger partial charge in [0.05, 0.1) is 9.21 Å². The summed E-state index contributed by atoms with van der Waals surface area (Å²) in [5.41, 5.74) is 0. The molecule has 0 N–H and O–H groups in total. The van der Waals surface area contributed by atoms with Crippen LogP contribution in [0.15, 0.2) is 18.2 Å². The molecule has 2 aromatic rings. The first-order valence-electron chi connectivity index (χ1n) is 9.00. The molecule has 0 bridgehead atoms. The van der Waals surface area contributed by atoms with Crippen molar-refractivity contribution in [1.29, 1.82) is 0 Å². The van der Waals surface area contributed by atoms with Crippen molar-refractivity contribution < 1.29 is 4.79 Å². The van der Waals surface area contributed by atoms with Gasteiger partial charge in [-0.05, 0) is 31.9 Å². The van der Waals surface area contributed by atoms with Crippen molar-refractivity contribution in [2.45, 2.75) is 19.8 Å². The SMILES string of the molecule is Cc1nc(N2CCCC2)cc(N2CCN(C(=O)c3ccc(Cl)s3)CC2)n1. The summed E-state index contributed by atoms with van der Waals surface area (Å²) >= 11 is 7.29. The molecule has 2 aromatic heterocycles. The Morgan fingerprint density at radius 2 is 1.62 bits per heavy atom. The Morgan fingerprint density at radius 1 is 1.00 bits per heavy atom. The lowest BCUT2D eigenvalue weighted by Gasteiger charge is -2.35. The van der Waals surface area contributed by atoms with Gasteiger partial charge in [0.1, 0.15) is 17.5 Å². The average molecular weight is 392 g/mol. The predicted octanol–water partition coefficient (Wildman–Crippen LogP) is 3.06. The van der Waals surface area contributed by atoms with Crippen LogP contribution in [0, 0.1) is 6.92 Å². The van der Waals surface area contributed by atoms with Gasteiger partial charge in [0.25, 0.3) is 5.91 Å². The molecule has 0 aromatic carbocycles. The molecule has 6 nitrogen and oxygen atoms in total. The zero-order chi connectivity index (χ0) is 18.1. The van der Waals surface area contributed by atoms with Crippen LogP contribution in [-0.2, 0) is 0 Å². The molecule has 0 radical (unpaired) electrons. The molecule has 0 saturated carbocycles. The van der Waals surface area contributed by atoms with Gasteiger partial charge < -0.3 is 14.7 Å². The fraction of sp³-hybridized carbons (Fsp3) is 0.500. The predicted molar refractivity (Wildman–Crippen MR) is 106 cm³/mol. The minimum absolute atomic E-state index is 0.0678. The molecule has 8 heteroatoms. The number of hydrogen-bond donors (Lipinski definition) is 0. The maximum atomic E-state index is 12.6. The third kappa shape index (κ3) is 3.64. The van der Waals surface area contributed by atoms with E-state index in [-0.39, 0.29) is 5.91 Å². The zero-order valence-corrected chi connectivity index (χ0v) is 16.4. The van der Waals surface area contributed by atoms with Crippen LogP contribution < -0.4 is 9.80 Å². The summed E-state index contributed by atoms with van der Waals surface area (Å²) in [5, 5.41) is 0. The molecule has 4 rings (SSSR count). The highest BCUT2D eigenvalue weighted by Crippen LogP contribution is 2.25. The van der Waals surface area contributed by atoms with Crippen LogP contribution >= 0.6 is 22.9 Å². The zero-order valence-electron chi connectivity index (χ0n) is 14.8. The molecular weight excluding hydrogens is 370 g/mol. The molecular formula is C18H22ClN5OS. The van der Waals surface area contributed by atoms with Crippen LogP contribution in [0.25, 0.3) is 0 Å². The number of anilines is 2. The Morgan fingerprint density at radius 3 is 2.19 bits per heavy atom. The van der Waals surface area contributed by atoms with Crippen LogP contribution in [0.2, 0.25) is 4.34 Å². The van der Waals surface area contributed by atoms with E-state index in [0.29, 0.717) is 22.3 Å². The summed E-state index contributed by atoms with van der Waals surface area (Å²) in [6, 6.07) is 5.67. The standard InChI is InChI=1S/C18H22ClN5OS/c1-13-20-16(22-6-2-3-7-22)12-17(21-13)23-8-10-24(11-9-23)18(25)14-4-5-15(19)26-14/h4-5,12H,2-3,6-11H2,1H3. The summed E-state index contributed by atoms with van der Waals surface area (Å²) in [4.78, 5) is 29.0. The normalized spacial score (nSPS) is 17.8. The molecule has 2 aliphatic rings. The van der Waals surface area contributed by atoms with E-state index < -0.39 is 0 Å². The molecule has 2 aliphatic heterocycles. The highest BCUT2D eigenvalue weighted by molar-refractivity contribution is 7.17. The lowest BCUT2D eigenvalue weighted by atomic mass is 10.3. The van der Waals surface area contributed by atoms with E-state index in [4.69, 9.17) is 11.6 Å². The summed E-state index contributed by atoms with van der Waals surface area (Å²) < 4.78 is 0.651. The van der Waals surface area contributed by atoms with Gasteiger partial charge in [0.15, 0.2) is 0 Å². The molecule has 0 unspecified atom stereocenters. The van der Waals surface area contributed by atoms with Gasteiger partial charge >= 0.3 is 0 Å². The minimum Gasteiger partial charge on any atom is -0.356 e.